The summed E-state index contributed by atoms with van der Waals surface area (Å²) in [4.78, 5) is 13.3. The molecule has 0 spiro atoms. The number of hydrogen-bond acceptors (Lipinski definition) is 4. The van der Waals surface area contributed by atoms with Gasteiger partial charge in [0.15, 0.2) is 0 Å². The summed E-state index contributed by atoms with van der Waals surface area (Å²) in [5.41, 5.74) is 9.78. The third-order valence-electron chi connectivity index (χ3n) is 9.52. The van der Waals surface area contributed by atoms with Crippen LogP contribution in [0.25, 0.3) is 60.7 Å². The van der Waals surface area contributed by atoms with Crippen molar-refractivity contribution >= 4 is 27.5 Å². The number of nitriles is 1. The molecule has 3 heterocycles. The molecule has 5 aromatic carbocycles. The number of benzene rings is 5. The van der Waals surface area contributed by atoms with Gasteiger partial charge in [0.2, 0.25) is 0 Å². The van der Waals surface area contributed by atoms with Crippen LogP contribution in [0.3, 0.4) is 0 Å². The molecular formula is C46H34N6OPt. The predicted octanol–water partition coefficient (Wildman–Crippen LogP) is 11.4. The van der Waals surface area contributed by atoms with Crippen molar-refractivity contribution in [3.05, 3.63) is 161 Å². The van der Waals surface area contributed by atoms with Crippen LogP contribution in [0.15, 0.2) is 116 Å². The number of pyridine rings is 1. The molecule has 0 saturated carbocycles. The molecule has 0 aliphatic heterocycles. The van der Waals surface area contributed by atoms with Gasteiger partial charge in [-0.3, -0.25) is 9.83 Å². The van der Waals surface area contributed by atoms with E-state index in [4.69, 9.17) is 21.3 Å². The Morgan fingerprint density at radius 1 is 0.796 bits per heavy atom. The minimum absolute atomic E-state index is 0. The van der Waals surface area contributed by atoms with Crippen LogP contribution in [0, 0.1) is 43.9 Å². The molecule has 0 amide bonds. The number of aryl methyl sites for hydroxylation is 2. The molecule has 54 heavy (non-hydrogen) atoms. The van der Waals surface area contributed by atoms with E-state index in [1.54, 1.807) is 18.3 Å². The second-order valence-corrected chi connectivity index (χ2v) is 14.2. The van der Waals surface area contributed by atoms with Gasteiger partial charge in [-0.25, -0.2) is 4.98 Å². The Kier molecular flexibility index (Phi) is 9.55. The first-order valence-electron chi connectivity index (χ1n) is 17.3. The molecular weight excluding hydrogens is 848 g/mol. The topological polar surface area (TPSA) is 73.0 Å². The largest absolute Gasteiger partial charge is 2.00 e. The van der Waals surface area contributed by atoms with Gasteiger partial charge in [-0.15, -0.1) is 29.1 Å². The van der Waals surface area contributed by atoms with Crippen LogP contribution >= 0.6 is 0 Å². The Bertz CT molecular complexity index is 2770. The summed E-state index contributed by atoms with van der Waals surface area (Å²) in [6.07, 6.45) is 5.52. The van der Waals surface area contributed by atoms with Gasteiger partial charge in [0, 0.05) is 41.3 Å². The van der Waals surface area contributed by atoms with E-state index >= 15 is 0 Å². The van der Waals surface area contributed by atoms with Gasteiger partial charge in [0.1, 0.15) is 11.5 Å². The Labute approximate surface area is 329 Å². The molecule has 264 valence electrons. The van der Waals surface area contributed by atoms with E-state index < -0.39 is 0 Å². The van der Waals surface area contributed by atoms with Crippen molar-refractivity contribution in [1.82, 2.24) is 19.1 Å². The van der Waals surface area contributed by atoms with E-state index in [1.165, 1.54) is 0 Å². The SMILES string of the molecule is [C-]#[N+]c1cc(Oc2[c-]c3c(cc2)c2ccc(C#N)cc2n3-c2cc(C(C)(C)C)ccn2)[c-]c(-c2nccn2-c2c(C)cc(-c3ccccc3)cc2C)c1.[Pt+2]. The summed E-state index contributed by atoms with van der Waals surface area (Å²) in [5, 5.41) is 11.7. The van der Waals surface area contributed by atoms with Gasteiger partial charge in [-0.2, -0.15) is 11.3 Å². The van der Waals surface area contributed by atoms with Crippen molar-refractivity contribution in [3.63, 3.8) is 0 Å². The summed E-state index contributed by atoms with van der Waals surface area (Å²) in [5.74, 6) is 2.19. The average molecular weight is 882 g/mol. The van der Waals surface area contributed by atoms with Gasteiger partial charge >= 0.3 is 21.1 Å². The molecule has 0 atom stereocenters. The molecule has 0 radical (unpaired) electrons. The summed E-state index contributed by atoms with van der Waals surface area (Å²) in [6, 6.07) is 41.0. The number of rotatable bonds is 6. The molecule has 0 fully saturated rings. The zero-order valence-electron chi connectivity index (χ0n) is 30.4. The zero-order chi connectivity index (χ0) is 36.9. The first-order chi connectivity index (χ1) is 25.6. The molecule has 0 bridgehead atoms. The Balaban J connectivity index is 0.00000450. The normalized spacial score (nSPS) is 11.2. The monoisotopic (exact) mass is 881 g/mol. The van der Waals surface area contributed by atoms with Gasteiger partial charge in [-0.1, -0.05) is 74.8 Å². The van der Waals surface area contributed by atoms with Crippen LogP contribution in [-0.2, 0) is 26.5 Å². The van der Waals surface area contributed by atoms with Crippen molar-refractivity contribution in [2.75, 3.05) is 0 Å². The van der Waals surface area contributed by atoms with Crippen LogP contribution in [0.4, 0.5) is 5.69 Å². The summed E-state index contributed by atoms with van der Waals surface area (Å²) >= 11 is 0. The fraction of sp³-hybridized carbons (Fsp3) is 0.130. The molecule has 0 unspecified atom stereocenters. The van der Waals surface area contributed by atoms with Crippen molar-refractivity contribution in [1.29, 1.82) is 5.26 Å². The summed E-state index contributed by atoms with van der Waals surface area (Å²) in [7, 11) is 0. The third-order valence-corrected chi connectivity index (χ3v) is 9.52. The molecule has 8 aromatic rings. The van der Waals surface area contributed by atoms with E-state index in [-0.39, 0.29) is 26.5 Å². The summed E-state index contributed by atoms with van der Waals surface area (Å²) < 4.78 is 10.5. The van der Waals surface area contributed by atoms with Crippen LogP contribution in [-0.4, -0.2) is 19.1 Å². The molecule has 0 aliphatic rings. The van der Waals surface area contributed by atoms with E-state index in [0.717, 1.165) is 61.1 Å². The average Bonchev–Trinajstić information content (AvgIpc) is 3.77. The second-order valence-electron chi connectivity index (χ2n) is 14.2. The van der Waals surface area contributed by atoms with Crippen molar-refractivity contribution in [2.24, 2.45) is 0 Å². The summed E-state index contributed by atoms with van der Waals surface area (Å²) in [6.45, 7) is 18.6. The zero-order valence-corrected chi connectivity index (χ0v) is 32.6. The maximum absolute atomic E-state index is 9.76. The van der Waals surface area contributed by atoms with Gasteiger partial charge < -0.3 is 13.9 Å². The minimum Gasteiger partial charge on any atom is -0.504 e. The number of hydrogen-bond donors (Lipinski definition) is 0. The van der Waals surface area contributed by atoms with Crippen LogP contribution in [0.5, 0.6) is 11.5 Å². The van der Waals surface area contributed by atoms with Crippen molar-refractivity contribution in [3.8, 4) is 51.6 Å². The molecule has 0 N–H and O–H groups in total. The van der Waals surface area contributed by atoms with Crippen LogP contribution < -0.4 is 4.74 Å². The molecule has 8 rings (SSSR count). The van der Waals surface area contributed by atoms with Crippen LogP contribution in [0.1, 0.15) is 43.0 Å². The van der Waals surface area contributed by atoms with Gasteiger partial charge in [0.25, 0.3) is 0 Å². The van der Waals surface area contributed by atoms with E-state index in [9.17, 15) is 5.26 Å². The Morgan fingerprint density at radius 2 is 1.56 bits per heavy atom. The fourth-order valence-electron chi connectivity index (χ4n) is 7.00. The first-order valence-corrected chi connectivity index (χ1v) is 17.3. The molecule has 8 heteroatoms. The molecule has 0 aliphatic carbocycles. The predicted molar refractivity (Wildman–Crippen MR) is 210 cm³/mol. The van der Waals surface area contributed by atoms with Crippen molar-refractivity contribution < 1.29 is 25.8 Å². The van der Waals surface area contributed by atoms with Gasteiger partial charge in [-0.05, 0) is 88.9 Å². The maximum Gasteiger partial charge on any atom is 2.00 e. The quantitative estimate of drug-likeness (QED) is 0.156. The fourth-order valence-corrected chi connectivity index (χ4v) is 7.00. The smallest absolute Gasteiger partial charge is 0.504 e. The number of aromatic nitrogens is 4. The molecule has 7 nitrogen and oxygen atoms in total. The first kappa shape index (κ1) is 36.1. The van der Waals surface area contributed by atoms with E-state index in [1.807, 2.05) is 76.1 Å². The van der Waals surface area contributed by atoms with E-state index in [2.05, 4.69) is 88.0 Å². The van der Waals surface area contributed by atoms with E-state index in [0.29, 0.717) is 34.1 Å². The molecule has 0 saturated heterocycles. The maximum atomic E-state index is 9.76. The third kappa shape index (κ3) is 6.60. The second kappa shape index (κ2) is 14.3. The number of ether oxygens (including phenoxy) is 1. The number of imidazole rings is 1. The number of fused-ring (bicyclic) bond motifs is 3. The van der Waals surface area contributed by atoms with Crippen LogP contribution in [0.2, 0.25) is 0 Å². The standard InChI is InChI=1S/C46H34N6O.Pt/c1-29-20-33(32-10-8-7-9-11-32)21-30(2)44(29)51-19-18-50-45(51)34-23-36(48-6)26-38(24-34)53-37-13-15-40-39-14-12-31(28-47)22-41(39)52(42(40)27-37)43-25-35(16-17-49-43)46(3,4)5;/h7-23,25-26H,1-5H3;/q-2;+2. The van der Waals surface area contributed by atoms with Gasteiger partial charge in [0.05, 0.1) is 24.0 Å². The Morgan fingerprint density at radius 3 is 2.28 bits per heavy atom. The minimum atomic E-state index is -0.0918. The number of nitrogens with zero attached hydrogens (tertiary/aromatic N) is 6. The Hall–Kier alpha value is -6.27. The van der Waals surface area contributed by atoms with Crippen molar-refractivity contribution in [2.45, 2.75) is 40.0 Å². The molecule has 3 aromatic heterocycles.